The summed E-state index contributed by atoms with van der Waals surface area (Å²) in [6, 6.07) is 2.12. The van der Waals surface area contributed by atoms with Gasteiger partial charge in [-0.25, -0.2) is 4.98 Å². The number of aromatic nitrogens is 4. The second kappa shape index (κ2) is 6.58. The summed E-state index contributed by atoms with van der Waals surface area (Å²) in [5, 5.41) is 18.8. The third-order valence-electron chi connectivity index (χ3n) is 3.43. The van der Waals surface area contributed by atoms with Crippen LogP contribution in [-0.2, 0) is 11.7 Å². The summed E-state index contributed by atoms with van der Waals surface area (Å²) in [5.41, 5.74) is -0.721. The molecule has 25 heavy (non-hydrogen) atoms. The second-order valence-corrected chi connectivity index (χ2v) is 5.85. The predicted octanol–water partition coefficient (Wildman–Crippen LogP) is 3.43. The molecule has 0 saturated carbocycles. The van der Waals surface area contributed by atoms with Crippen LogP contribution in [-0.4, -0.2) is 26.3 Å². The minimum Gasteiger partial charge on any atom is -0.370 e. The SMILES string of the molecule is CCNc1nc(Nc2cn(C(C)(C)C#N)nc2C)ncc1C(F)(F)F. The van der Waals surface area contributed by atoms with Crippen LogP contribution in [0.25, 0.3) is 0 Å². The molecule has 0 fully saturated rings. The number of anilines is 3. The summed E-state index contributed by atoms with van der Waals surface area (Å²) in [5.74, 6) is -0.295. The average molecular weight is 353 g/mol. The predicted molar refractivity (Wildman–Crippen MR) is 86.4 cm³/mol. The lowest BCUT2D eigenvalue weighted by molar-refractivity contribution is -0.137. The molecule has 0 unspecified atom stereocenters. The first kappa shape index (κ1) is 18.5. The van der Waals surface area contributed by atoms with Crippen molar-refractivity contribution in [1.82, 2.24) is 19.7 Å². The van der Waals surface area contributed by atoms with Gasteiger partial charge in [-0.1, -0.05) is 0 Å². The summed E-state index contributed by atoms with van der Waals surface area (Å²) in [4.78, 5) is 7.63. The van der Waals surface area contributed by atoms with Gasteiger partial charge in [0.1, 0.15) is 16.9 Å². The Hall–Kier alpha value is -2.83. The third-order valence-corrected chi connectivity index (χ3v) is 3.43. The van der Waals surface area contributed by atoms with E-state index in [-0.39, 0.29) is 18.3 Å². The van der Waals surface area contributed by atoms with Crippen molar-refractivity contribution in [3.63, 3.8) is 0 Å². The number of nitriles is 1. The maximum Gasteiger partial charge on any atom is 0.421 e. The molecular weight excluding hydrogens is 335 g/mol. The largest absolute Gasteiger partial charge is 0.421 e. The minimum atomic E-state index is -4.55. The van der Waals surface area contributed by atoms with E-state index < -0.39 is 17.3 Å². The van der Waals surface area contributed by atoms with Gasteiger partial charge >= 0.3 is 6.18 Å². The highest BCUT2D eigenvalue weighted by atomic mass is 19.4. The molecule has 0 bridgehead atoms. The zero-order valence-electron chi connectivity index (χ0n) is 14.2. The van der Waals surface area contributed by atoms with Crippen molar-refractivity contribution in [3.05, 3.63) is 23.7 Å². The zero-order valence-corrected chi connectivity index (χ0v) is 14.2. The molecule has 2 heterocycles. The van der Waals surface area contributed by atoms with E-state index in [1.807, 2.05) is 0 Å². The first-order chi connectivity index (χ1) is 11.6. The molecule has 2 N–H and O–H groups in total. The number of alkyl halides is 3. The van der Waals surface area contributed by atoms with Crippen molar-refractivity contribution in [3.8, 4) is 6.07 Å². The molecule has 0 aliphatic heterocycles. The van der Waals surface area contributed by atoms with E-state index in [1.54, 1.807) is 33.9 Å². The molecule has 0 radical (unpaired) electrons. The van der Waals surface area contributed by atoms with Crippen LogP contribution in [0, 0.1) is 18.3 Å². The highest BCUT2D eigenvalue weighted by Gasteiger charge is 2.35. The third kappa shape index (κ3) is 3.99. The van der Waals surface area contributed by atoms with Gasteiger partial charge < -0.3 is 10.6 Å². The molecule has 0 aliphatic carbocycles. The van der Waals surface area contributed by atoms with Crippen LogP contribution in [0.5, 0.6) is 0 Å². The molecule has 0 aliphatic rings. The van der Waals surface area contributed by atoms with Crippen LogP contribution < -0.4 is 10.6 Å². The van der Waals surface area contributed by atoms with Crippen molar-refractivity contribution >= 4 is 17.5 Å². The van der Waals surface area contributed by atoms with E-state index in [0.717, 1.165) is 6.20 Å². The lowest BCUT2D eigenvalue weighted by atomic mass is 10.1. The van der Waals surface area contributed by atoms with Crippen molar-refractivity contribution in [2.75, 3.05) is 17.2 Å². The quantitative estimate of drug-likeness (QED) is 0.856. The van der Waals surface area contributed by atoms with E-state index in [9.17, 15) is 13.2 Å². The Morgan fingerprint density at radius 2 is 2.00 bits per heavy atom. The molecule has 7 nitrogen and oxygen atoms in total. The average Bonchev–Trinajstić information content (AvgIpc) is 2.88. The van der Waals surface area contributed by atoms with E-state index in [2.05, 4.69) is 31.8 Å². The van der Waals surface area contributed by atoms with Crippen LogP contribution >= 0.6 is 0 Å². The fourth-order valence-electron chi connectivity index (χ4n) is 1.99. The number of halogens is 3. The Morgan fingerprint density at radius 1 is 1.32 bits per heavy atom. The first-order valence-corrected chi connectivity index (χ1v) is 7.51. The number of aryl methyl sites for hydroxylation is 1. The van der Waals surface area contributed by atoms with Gasteiger partial charge in [-0.3, -0.25) is 4.68 Å². The molecule has 134 valence electrons. The fraction of sp³-hybridized carbons (Fsp3) is 0.467. The minimum absolute atomic E-state index is 0.00126. The Kier molecular flexibility index (Phi) is 4.87. The summed E-state index contributed by atoms with van der Waals surface area (Å²) in [6.07, 6.45) is -2.23. The lowest BCUT2D eigenvalue weighted by Gasteiger charge is -2.15. The summed E-state index contributed by atoms with van der Waals surface area (Å²) in [6.45, 7) is 7.06. The van der Waals surface area contributed by atoms with Gasteiger partial charge in [0.2, 0.25) is 5.95 Å². The molecule has 10 heteroatoms. The number of nitrogens with one attached hydrogen (secondary N) is 2. The van der Waals surface area contributed by atoms with Gasteiger partial charge in [0.05, 0.1) is 23.6 Å². The maximum absolute atomic E-state index is 13.0. The van der Waals surface area contributed by atoms with Gasteiger partial charge in [-0.15, -0.1) is 0 Å². The standard InChI is InChI=1S/C15H18F3N7/c1-5-20-12-10(15(16,17)18)6-21-13(23-12)22-11-7-25(24-9(11)2)14(3,4)8-19/h6-7H,5H2,1-4H3,(H2,20,21,22,23). The van der Waals surface area contributed by atoms with E-state index in [1.165, 1.54) is 4.68 Å². The van der Waals surface area contributed by atoms with Gasteiger partial charge in [0.15, 0.2) is 0 Å². The molecule has 2 aromatic rings. The molecular formula is C15H18F3N7. The molecule has 2 rings (SSSR count). The van der Waals surface area contributed by atoms with Crippen molar-refractivity contribution < 1.29 is 13.2 Å². The van der Waals surface area contributed by atoms with Crippen molar-refractivity contribution in [2.24, 2.45) is 0 Å². The number of hydrogen-bond acceptors (Lipinski definition) is 6. The zero-order chi connectivity index (χ0) is 18.8. The number of nitrogens with zero attached hydrogens (tertiary/aromatic N) is 5. The summed E-state index contributed by atoms with van der Waals surface area (Å²) >= 11 is 0. The van der Waals surface area contributed by atoms with Crippen molar-refractivity contribution in [2.45, 2.75) is 39.4 Å². The highest BCUT2D eigenvalue weighted by molar-refractivity contribution is 5.58. The molecule has 0 aromatic carbocycles. The molecule has 0 saturated heterocycles. The fourth-order valence-corrected chi connectivity index (χ4v) is 1.99. The lowest BCUT2D eigenvalue weighted by Crippen LogP contribution is -2.24. The highest BCUT2D eigenvalue weighted by Crippen LogP contribution is 2.34. The maximum atomic E-state index is 13.0. The van der Waals surface area contributed by atoms with Gasteiger partial charge in [-0.05, 0) is 27.7 Å². The second-order valence-electron chi connectivity index (χ2n) is 5.85. The summed E-state index contributed by atoms with van der Waals surface area (Å²) in [7, 11) is 0. The number of rotatable bonds is 5. The Balaban J connectivity index is 2.36. The summed E-state index contributed by atoms with van der Waals surface area (Å²) < 4.78 is 40.4. The van der Waals surface area contributed by atoms with Gasteiger partial charge in [0.25, 0.3) is 0 Å². The van der Waals surface area contributed by atoms with Crippen LogP contribution in [0.3, 0.4) is 0 Å². The molecule has 0 atom stereocenters. The van der Waals surface area contributed by atoms with E-state index in [4.69, 9.17) is 5.26 Å². The Bertz CT molecular complexity index is 802. The van der Waals surface area contributed by atoms with Crippen LogP contribution in [0.15, 0.2) is 12.4 Å². The molecule has 0 spiro atoms. The van der Waals surface area contributed by atoms with Crippen LogP contribution in [0.4, 0.5) is 30.6 Å². The van der Waals surface area contributed by atoms with E-state index >= 15 is 0 Å². The van der Waals surface area contributed by atoms with Gasteiger partial charge in [0, 0.05) is 12.7 Å². The number of hydrogen-bond donors (Lipinski definition) is 2. The monoisotopic (exact) mass is 353 g/mol. The smallest absolute Gasteiger partial charge is 0.370 e. The van der Waals surface area contributed by atoms with Crippen LogP contribution in [0.1, 0.15) is 32.0 Å². The molecule has 0 amide bonds. The molecule has 2 aromatic heterocycles. The van der Waals surface area contributed by atoms with E-state index in [0.29, 0.717) is 11.4 Å². The van der Waals surface area contributed by atoms with Gasteiger partial charge in [-0.2, -0.15) is 28.5 Å². The topological polar surface area (TPSA) is 91.5 Å². The Labute approximate surface area is 142 Å². The normalized spacial score (nSPS) is 11.9. The Morgan fingerprint density at radius 3 is 2.56 bits per heavy atom. The van der Waals surface area contributed by atoms with Crippen LogP contribution in [0.2, 0.25) is 0 Å². The van der Waals surface area contributed by atoms with Crippen molar-refractivity contribution in [1.29, 1.82) is 5.26 Å². The first-order valence-electron chi connectivity index (χ1n) is 7.51.